The highest BCUT2D eigenvalue weighted by Gasteiger charge is 2.25. The third kappa shape index (κ3) is 5.84. The molecule has 0 amide bonds. The third-order valence-electron chi connectivity index (χ3n) is 3.38. The Bertz CT molecular complexity index is 187. The van der Waals surface area contributed by atoms with Crippen molar-refractivity contribution in [2.45, 2.75) is 71.1 Å². The van der Waals surface area contributed by atoms with Crippen LogP contribution in [0.2, 0.25) is 0 Å². The molecule has 102 valence electrons. The van der Waals surface area contributed by atoms with E-state index in [2.05, 4.69) is 19.2 Å². The normalized spacial score (nSPS) is 27.7. The molecule has 0 aromatic carbocycles. The molecule has 0 aromatic heterocycles. The molecule has 3 unspecified atom stereocenters. The number of likely N-dealkylation sites (N-methyl/N-ethyl adjacent to an activating group) is 1. The van der Waals surface area contributed by atoms with Crippen molar-refractivity contribution < 1.29 is 9.47 Å². The summed E-state index contributed by atoms with van der Waals surface area (Å²) in [5.74, 6) is 0. The first-order valence-corrected chi connectivity index (χ1v) is 7.24. The van der Waals surface area contributed by atoms with Gasteiger partial charge in [0, 0.05) is 12.6 Å². The molecule has 0 spiro atoms. The van der Waals surface area contributed by atoms with Crippen LogP contribution in [0.4, 0.5) is 0 Å². The summed E-state index contributed by atoms with van der Waals surface area (Å²) in [6.45, 7) is 8.83. The van der Waals surface area contributed by atoms with E-state index in [1.54, 1.807) is 0 Å². The molecule has 0 aromatic rings. The summed E-state index contributed by atoms with van der Waals surface area (Å²) in [4.78, 5) is 0. The van der Waals surface area contributed by atoms with Gasteiger partial charge in [0.2, 0.25) is 0 Å². The summed E-state index contributed by atoms with van der Waals surface area (Å²) < 4.78 is 11.6. The van der Waals surface area contributed by atoms with Crippen LogP contribution in [0.1, 0.15) is 52.9 Å². The standard InChI is InChI=1S/C14H29NO2/c1-4-15-13-9-7-6-8-10-14(13)17-12(3)11-16-5-2/h12-15H,4-11H2,1-3H3. The smallest absolute Gasteiger partial charge is 0.0785 e. The Morgan fingerprint density at radius 3 is 2.65 bits per heavy atom. The van der Waals surface area contributed by atoms with Gasteiger partial charge in [-0.25, -0.2) is 0 Å². The van der Waals surface area contributed by atoms with Crippen molar-refractivity contribution in [3.63, 3.8) is 0 Å². The van der Waals surface area contributed by atoms with E-state index in [4.69, 9.17) is 9.47 Å². The fourth-order valence-electron chi connectivity index (χ4n) is 2.55. The molecule has 3 atom stereocenters. The maximum Gasteiger partial charge on any atom is 0.0785 e. The number of ether oxygens (including phenoxy) is 2. The first-order valence-electron chi connectivity index (χ1n) is 7.24. The summed E-state index contributed by atoms with van der Waals surface area (Å²) >= 11 is 0. The first kappa shape index (κ1) is 14.9. The van der Waals surface area contributed by atoms with Gasteiger partial charge in [-0.2, -0.15) is 0 Å². The van der Waals surface area contributed by atoms with Gasteiger partial charge in [0.1, 0.15) is 0 Å². The van der Waals surface area contributed by atoms with E-state index in [1.165, 1.54) is 32.1 Å². The Hall–Kier alpha value is -0.120. The Morgan fingerprint density at radius 2 is 1.94 bits per heavy atom. The molecule has 0 saturated heterocycles. The molecule has 17 heavy (non-hydrogen) atoms. The Kier molecular flexibility index (Phi) is 7.82. The van der Waals surface area contributed by atoms with Crippen LogP contribution in [0, 0.1) is 0 Å². The van der Waals surface area contributed by atoms with Crippen LogP contribution in [0.5, 0.6) is 0 Å². The van der Waals surface area contributed by atoms with Gasteiger partial charge in [0.25, 0.3) is 0 Å². The zero-order valence-electron chi connectivity index (χ0n) is 11.7. The van der Waals surface area contributed by atoms with Crippen molar-refractivity contribution >= 4 is 0 Å². The molecule has 0 bridgehead atoms. The summed E-state index contributed by atoms with van der Waals surface area (Å²) in [6, 6.07) is 0.534. The highest BCUT2D eigenvalue weighted by Crippen LogP contribution is 2.21. The molecule has 1 aliphatic carbocycles. The van der Waals surface area contributed by atoms with Gasteiger partial charge >= 0.3 is 0 Å². The topological polar surface area (TPSA) is 30.5 Å². The summed E-state index contributed by atoms with van der Waals surface area (Å²) in [5.41, 5.74) is 0. The van der Waals surface area contributed by atoms with E-state index >= 15 is 0 Å². The molecule has 1 rings (SSSR count). The highest BCUT2D eigenvalue weighted by molar-refractivity contribution is 4.80. The molecule has 3 heteroatoms. The molecule has 0 aliphatic heterocycles. The maximum atomic E-state index is 6.15. The Balaban J connectivity index is 2.39. The van der Waals surface area contributed by atoms with Crippen LogP contribution in [-0.2, 0) is 9.47 Å². The predicted octanol–water partition coefficient (Wildman–Crippen LogP) is 2.74. The highest BCUT2D eigenvalue weighted by atomic mass is 16.5. The molecule has 1 fully saturated rings. The van der Waals surface area contributed by atoms with Crippen molar-refractivity contribution in [2.75, 3.05) is 19.8 Å². The minimum absolute atomic E-state index is 0.208. The summed E-state index contributed by atoms with van der Waals surface area (Å²) in [7, 11) is 0. The van der Waals surface area contributed by atoms with Gasteiger partial charge in [-0.3, -0.25) is 0 Å². The molecular formula is C14H29NO2. The molecule has 1 saturated carbocycles. The lowest BCUT2D eigenvalue weighted by Crippen LogP contribution is -2.42. The number of rotatable bonds is 7. The lowest BCUT2D eigenvalue weighted by Gasteiger charge is -2.29. The van der Waals surface area contributed by atoms with Crippen LogP contribution < -0.4 is 5.32 Å². The zero-order valence-corrected chi connectivity index (χ0v) is 11.7. The fraction of sp³-hybridized carbons (Fsp3) is 1.00. The largest absolute Gasteiger partial charge is 0.379 e. The number of hydrogen-bond donors (Lipinski definition) is 1. The average Bonchev–Trinajstić information content (AvgIpc) is 2.53. The predicted molar refractivity (Wildman–Crippen MR) is 71.4 cm³/mol. The third-order valence-corrected chi connectivity index (χ3v) is 3.38. The Labute approximate surface area is 106 Å². The second kappa shape index (κ2) is 8.90. The van der Waals surface area contributed by atoms with Crippen molar-refractivity contribution in [3.05, 3.63) is 0 Å². The molecule has 1 aliphatic rings. The maximum absolute atomic E-state index is 6.15. The molecule has 1 N–H and O–H groups in total. The summed E-state index contributed by atoms with van der Waals surface area (Å²) in [6.07, 6.45) is 6.99. The van der Waals surface area contributed by atoms with Gasteiger partial charge in [0.15, 0.2) is 0 Å². The van der Waals surface area contributed by atoms with E-state index in [1.807, 2.05) is 6.92 Å². The van der Waals surface area contributed by atoms with Crippen molar-refractivity contribution in [3.8, 4) is 0 Å². The van der Waals surface area contributed by atoms with Gasteiger partial charge in [-0.1, -0.05) is 26.2 Å². The average molecular weight is 243 g/mol. The van der Waals surface area contributed by atoms with Gasteiger partial charge in [0.05, 0.1) is 18.8 Å². The van der Waals surface area contributed by atoms with E-state index in [0.717, 1.165) is 13.2 Å². The second-order valence-corrected chi connectivity index (χ2v) is 4.95. The van der Waals surface area contributed by atoms with E-state index < -0.39 is 0 Å². The lowest BCUT2D eigenvalue weighted by atomic mass is 10.1. The second-order valence-electron chi connectivity index (χ2n) is 4.95. The van der Waals surface area contributed by atoms with Crippen molar-refractivity contribution in [1.82, 2.24) is 5.32 Å². The van der Waals surface area contributed by atoms with Crippen LogP contribution in [0.3, 0.4) is 0 Å². The van der Waals surface area contributed by atoms with Crippen LogP contribution >= 0.6 is 0 Å². The monoisotopic (exact) mass is 243 g/mol. The van der Waals surface area contributed by atoms with Crippen molar-refractivity contribution in [2.24, 2.45) is 0 Å². The minimum atomic E-state index is 0.208. The lowest BCUT2D eigenvalue weighted by molar-refractivity contribution is -0.0616. The SMILES string of the molecule is CCNC1CCCCCC1OC(C)COCC. The minimum Gasteiger partial charge on any atom is -0.379 e. The van der Waals surface area contributed by atoms with E-state index in [9.17, 15) is 0 Å². The molecule has 0 heterocycles. The molecular weight excluding hydrogens is 214 g/mol. The quantitative estimate of drug-likeness (QED) is 0.697. The van der Waals surface area contributed by atoms with Crippen LogP contribution in [0.25, 0.3) is 0 Å². The zero-order chi connectivity index (χ0) is 12.5. The van der Waals surface area contributed by atoms with Crippen LogP contribution in [-0.4, -0.2) is 38.0 Å². The molecule has 0 radical (unpaired) electrons. The van der Waals surface area contributed by atoms with E-state index in [0.29, 0.717) is 18.8 Å². The van der Waals surface area contributed by atoms with Gasteiger partial charge < -0.3 is 14.8 Å². The Morgan fingerprint density at radius 1 is 1.18 bits per heavy atom. The van der Waals surface area contributed by atoms with E-state index in [-0.39, 0.29) is 6.10 Å². The van der Waals surface area contributed by atoms with Crippen LogP contribution in [0.15, 0.2) is 0 Å². The summed E-state index contributed by atoms with van der Waals surface area (Å²) in [5, 5.41) is 3.57. The van der Waals surface area contributed by atoms with Crippen molar-refractivity contribution in [1.29, 1.82) is 0 Å². The van der Waals surface area contributed by atoms with Gasteiger partial charge in [-0.15, -0.1) is 0 Å². The fourth-order valence-corrected chi connectivity index (χ4v) is 2.55. The number of nitrogens with one attached hydrogen (secondary N) is 1. The molecule has 3 nitrogen and oxygen atoms in total. The number of hydrogen-bond acceptors (Lipinski definition) is 3. The first-order chi connectivity index (χ1) is 8.27. The van der Waals surface area contributed by atoms with Gasteiger partial charge in [-0.05, 0) is 33.2 Å².